The molecule has 8 nitrogen and oxygen atoms in total. The van der Waals surface area contributed by atoms with E-state index in [1.165, 1.54) is 12.1 Å². The zero-order chi connectivity index (χ0) is 16.7. The van der Waals surface area contributed by atoms with Crippen LogP contribution in [-0.2, 0) is 23.9 Å². The van der Waals surface area contributed by atoms with Crippen LogP contribution >= 0.6 is 0 Å². The van der Waals surface area contributed by atoms with Crippen molar-refractivity contribution in [3.63, 3.8) is 0 Å². The van der Waals surface area contributed by atoms with E-state index in [1.54, 1.807) is 18.2 Å². The van der Waals surface area contributed by atoms with E-state index in [0.717, 1.165) is 14.2 Å². The van der Waals surface area contributed by atoms with Crippen LogP contribution in [0.5, 0.6) is 0 Å². The van der Waals surface area contributed by atoms with Crippen molar-refractivity contribution >= 4 is 17.7 Å². The van der Waals surface area contributed by atoms with Gasteiger partial charge in [-0.3, -0.25) is 14.9 Å². The van der Waals surface area contributed by atoms with Gasteiger partial charge < -0.3 is 9.47 Å². The van der Waals surface area contributed by atoms with Gasteiger partial charge in [-0.05, 0) is 5.56 Å². The normalized spacial score (nSPS) is 12.8. The third-order valence-electron chi connectivity index (χ3n) is 3.10. The lowest BCUT2D eigenvalue weighted by Crippen LogP contribution is -2.38. The Morgan fingerprint density at radius 1 is 1.14 bits per heavy atom. The molecule has 0 spiro atoms. The average Bonchev–Trinajstić information content (AvgIpc) is 2.53. The number of esters is 2. The van der Waals surface area contributed by atoms with Gasteiger partial charge in [-0.15, -0.1) is 0 Å². The summed E-state index contributed by atoms with van der Waals surface area (Å²) in [6.45, 7) is 0. The standard InChI is InChI=1S/C14H15NO7/c1-21-13(17)11(16)8-10(9-6-4-3-5-7-9)12(15(19)20)14(18)22-2/h3-7,10,12H,8H2,1-2H3/t10-,12?/m1/s1. The number of ether oxygens (including phenoxy) is 2. The molecular weight excluding hydrogens is 294 g/mol. The third-order valence-corrected chi connectivity index (χ3v) is 3.10. The van der Waals surface area contributed by atoms with Crippen LogP contribution in [0.25, 0.3) is 0 Å². The zero-order valence-corrected chi connectivity index (χ0v) is 12.1. The Hall–Kier alpha value is -2.77. The quantitative estimate of drug-likeness (QED) is 0.315. The lowest BCUT2D eigenvalue weighted by molar-refractivity contribution is -0.514. The van der Waals surface area contributed by atoms with Crippen LogP contribution in [0.4, 0.5) is 0 Å². The summed E-state index contributed by atoms with van der Waals surface area (Å²) >= 11 is 0. The van der Waals surface area contributed by atoms with Gasteiger partial charge in [0.15, 0.2) is 0 Å². The fraction of sp³-hybridized carbons (Fsp3) is 0.357. The molecule has 1 aromatic carbocycles. The zero-order valence-electron chi connectivity index (χ0n) is 12.1. The molecule has 2 atom stereocenters. The van der Waals surface area contributed by atoms with Gasteiger partial charge in [0.1, 0.15) is 0 Å². The van der Waals surface area contributed by atoms with Gasteiger partial charge in [0.2, 0.25) is 5.78 Å². The first kappa shape index (κ1) is 17.3. The number of ketones is 1. The van der Waals surface area contributed by atoms with E-state index in [1.807, 2.05) is 0 Å². The Labute approximate surface area is 126 Å². The highest BCUT2D eigenvalue weighted by molar-refractivity contribution is 6.33. The molecule has 0 amide bonds. The first-order chi connectivity index (χ1) is 10.4. The summed E-state index contributed by atoms with van der Waals surface area (Å²) in [5.74, 6) is -4.29. The van der Waals surface area contributed by atoms with E-state index in [9.17, 15) is 24.5 Å². The highest BCUT2D eigenvalue weighted by atomic mass is 16.6. The van der Waals surface area contributed by atoms with Gasteiger partial charge in [-0.25, -0.2) is 9.59 Å². The minimum Gasteiger partial charge on any atom is -0.464 e. The highest BCUT2D eigenvalue weighted by Crippen LogP contribution is 2.26. The van der Waals surface area contributed by atoms with Crippen molar-refractivity contribution in [2.24, 2.45) is 0 Å². The number of nitro groups is 1. The maximum absolute atomic E-state index is 11.7. The molecule has 0 bridgehead atoms. The number of methoxy groups -OCH3 is 2. The molecule has 22 heavy (non-hydrogen) atoms. The van der Waals surface area contributed by atoms with E-state index in [0.29, 0.717) is 5.56 Å². The summed E-state index contributed by atoms with van der Waals surface area (Å²) in [4.78, 5) is 45.1. The van der Waals surface area contributed by atoms with E-state index in [4.69, 9.17) is 0 Å². The van der Waals surface area contributed by atoms with E-state index in [2.05, 4.69) is 9.47 Å². The number of nitrogens with zero attached hydrogens (tertiary/aromatic N) is 1. The smallest absolute Gasteiger partial charge is 0.382 e. The SMILES string of the molecule is COC(=O)C(=O)C[C@H](c1ccccc1)C(C(=O)OC)[N+](=O)[O-]. The van der Waals surface area contributed by atoms with Crippen molar-refractivity contribution < 1.29 is 28.8 Å². The molecule has 118 valence electrons. The molecular formula is C14H15NO7. The number of hydrogen-bond donors (Lipinski definition) is 0. The number of Topliss-reactive ketones (excluding diaryl/α,β-unsaturated/α-hetero) is 1. The molecule has 0 saturated heterocycles. The van der Waals surface area contributed by atoms with E-state index in [-0.39, 0.29) is 0 Å². The third kappa shape index (κ3) is 4.11. The Morgan fingerprint density at radius 2 is 1.73 bits per heavy atom. The molecule has 0 aromatic heterocycles. The predicted molar refractivity (Wildman–Crippen MR) is 73.6 cm³/mol. The Bertz CT molecular complexity index is 570. The van der Waals surface area contributed by atoms with Crippen LogP contribution in [0.1, 0.15) is 17.9 Å². The number of rotatable bonds is 7. The molecule has 0 saturated carbocycles. The molecule has 0 radical (unpaired) electrons. The highest BCUT2D eigenvalue weighted by Gasteiger charge is 2.42. The van der Waals surface area contributed by atoms with Crippen LogP contribution in [0, 0.1) is 10.1 Å². The van der Waals surface area contributed by atoms with Gasteiger partial charge in [0.25, 0.3) is 0 Å². The van der Waals surface area contributed by atoms with Gasteiger partial charge >= 0.3 is 18.0 Å². The number of benzene rings is 1. The molecule has 0 aliphatic heterocycles. The van der Waals surface area contributed by atoms with E-state index < -0.39 is 41.0 Å². The maximum Gasteiger partial charge on any atom is 0.382 e. The molecule has 1 aromatic rings. The van der Waals surface area contributed by atoms with Crippen LogP contribution in [0.3, 0.4) is 0 Å². The summed E-state index contributed by atoms with van der Waals surface area (Å²) in [5.41, 5.74) is 0.381. The molecule has 0 heterocycles. The second-order valence-corrected chi connectivity index (χ2v) is 4.39. The minimum atomic E-state index is -1.79. The summed E-state index contributed by atoms with van der Waals surface area (Å²) in [6, 6.07) is 6.19. The average molecular weight is 309 g/mol. The van der Waals surface area contributed by atoms with Gasteiger partial charge in [0, 0.05) is 11.3 Å². The Morgan fingerprint density at radius 3 is 2.18 bits per heavy atom. The molecule has 0 N–H and O–H groups in total. The molecule has 1 rings (SSSR count). The van der Waals surface area contributed by atoms with Crippen molar-refractivity contribution in [1.29, 1.82) is 0 Å². The number of carbonyl (C=O) groups excluding carboxylic acids is 3. The molecule has 8 heteroatoms. The Kier molecular flexibility index (Phi) is 6.18. The molecule has 1 unspecified atom stereocenters. The molecule has 0 aliphatic rings. The predicted octanol–water partition coefficient (Wildman–Crippen LogP) is 0.721. The summed E-state index contributed by atoms with van der Waals surface area (Å²) < 4.78 is 8.74. The lowest BCUT2D eigenvalue weighted by Gasteiger charge is -2.18. The van der Waals surface area contributed by atoms with Gasteiger partial charge in [-0.2, -0.15) is 0 Å². The topological polar surface area (TPSA) is 113 Å². The van der Waals surface area contributed by atoms with E-state index >= 15 is 0 Å². The van der Waals surface area contributed by atoms with Crippen LogP contribution in [0.2, 0.25) is 0 Å². The fourth-order valence-electron chi connectivity index (χ4n) is 2.03. The maximum atomic E-state index is 11.7. The van der Waals surface area contributed by atoms with Gasteiger partial charge in [0.05, 0.1) is 20.1 Å². The fourth-order valence-corrected chi connectivity index (χ4v) is 2.03. The van der Waals surface area contributed by atoms with Crippen molar-refractivity contribution in [2.45, 2.75) is 18.4 Å². The van der Waals surface area contributed by atoms with Gasteiger partial charge in [-0.1, -0.05) is 30.3 Å². The number of carbonyl (C=O) groups is 3. The summed E-state index contributed by atoms with van der Waals surface area (Å²) in [6.07, 6.45) is -0.530. The minimum absolute atomic E-state index is 0.381. The Balaban J connectivity index is 3.21. The van der Waals surface area contributed by atoms with Crippen molar-refractivity contribution in [2.75, 3.05) is 14.2 Å². The second-order valence-electron chi connectivity index (χ2n) is 4.39. The first-order valence-electron chi connectivity index (χ1n) is 6.29. The first-order valence-corrected chi connectivity index (χ1v) is 6.29. The monoisotopic (exact) mass is 309 g/mol. The van der Waals surface area contributed by atoms with Crippen LogP contribution in [-0.4, -0.2) is 42.9 Å². The largest absolute Gasteiger partial charge is 0.464 e. The lowest BCUT2D eigenvalue weighted by atomic mass is 9.87. The van der Waals surface area contributed by atoms with Crippen molar-refractivity contribution in [1.82, 2.24) is 0 Å². The van der Waals surface area contributed by atoms with Crippen LogP contribution in [0.15, 0.2) is 30.3 Å². The summed E-state index contributed by atoms with van der Waals surface area (Å²) in [5, 5.41) is 11.2. The number of hydrogen-bond acceptors (Lipinski definition) is 7. The molecule has 0 aliphatic carbocycles. The molecule has 0 fully saturated rings. The van der Waals surface area contributed by atoms with Crippen LogP contribution < -0.4 is 0 Å². The second kappa shape index (κ2) is 7.87. The summed E-state index contributed by atoms with van der Waals surface area (Å²) in [7, 11) is 2.05. The van der Waals surface area contributed by atoms with Crippen molar-refractivity contribution in [3.8, 4) is 0 Å². The van der Waals surface area contributed by atoms with Crippen molar-refractivity contribution in [3.05, 3.63) is 46.0 Å².